The van der Waals surface area contributed by atoms with Crippen molar-refractivity contribution in [3.8, 4) is 5.69 Å². The van der Waals surface area contributed by atoms with E-state index < -0.39 is 9.04 Å². The highest BCUT2D eigenvalue weighted by molar-refractivity contribution is 6.67. The lowest BCUT2D eigenvalue weighted by Gasteiger charge is -1.99. The number of carbonyl (C=O) groups is 1. The number of hydrogen-bond donors (Lipinski definition) is 0. The molecule has 0 saturated heterocycles. The molecule has 0 aromatic heterocycles. The minimum atomic E-state index is -2.00. The van der Waals surface area contributed by atoms with Gasteiger partial charge >= 0.3 is 9.04 Å². The Kier molecular flexibility index (Phi) is 4.25. The van der Waals surface area contributed by atoms with Gasteiger partial charge < -0.3 is 4.43 Å². The molecule has 0 aliphatic heterocycles. The van der Waals surface area contributed by atoms with E-state index in [9.17, 15) is 4.79 Å². The summed E-state index contributed by atoms with van der Waals surface area (Å²) in [4.78, 5) is 10.3. The zero-order valence-corrected chi connectivity index (χ0v) is 7.15. The van der Waals surface area contributed by atoms with Crippen molar-refractivity contribution in [1.82, 2.24) is 0 Å². The molecule has 0 aromatic carbocycles. The predicted octanol–water partition coefficient (Wildman–Crippen LogP) is 0.451. The lowest BCUT2D eigenvalue weighted by atomic mass is 10.8. The highest BCUT2D eigenvalue weighted by Gasteiger charge is 2.07. The summed E-state index contributed by atoms with van der Waals surface area (Å²) in [5, 5.41) is 8.39. The van der Waals surface area contributed by atoms with E-state index in [0.717, 1.165) is 0 Å². The third-order valence-electron chi connectivity index (χ3n) is 0.787. The highest BCUT2D eigenvalue weighted by atomic mass is 28.3. The highest BCUT2D eigenvalue weighted by Crippen LogP contribution is 1.87. The Bertz CT molecular complexity index is 183. The fourth-order valence-electron chi connectivity index (χ4n) is 0.462. The van der Waals surface area contributed by atoms with Crippen LogP contribution in [0, 0.1) is 11.0 Å². The van der Waals surface area contributed by atoms with Crippen LogP contribution in [0.25, 0.3) is 0 Å². The Labute approximate surface area is 61.6 Å². The molecule has 1 unspecified atom stereocenters. The molecule has 0 radical (unpaired) electrons. The third kappa shape index (κ3) is 3.86. The first-order valence-corrected chi connectivity index (χ1v) is 4.62. The zero-order valence-electron chi connectivity index (χ0n) is 6.00. The molecule has 0 bridgehead atoms. The third-order valence-corrected chi connectivity index (χ3v) is 2.36. The van der Waals surface area contributed by atoms with Crippen LogP contribution >= 0.6 is 0 Å². The van der Waals surface area contributed by atoms with Gasteiger partial charge in [0.05, 0.1) is 5.69 Å². The smallest absolute Gasteiger partial charge is 0.373 e. The molecule has 0 aliphatic carbocycles. The van der Waals surface area contributed by atoms with Crippen LogP contribution in [0.15, 0.2) is 11.8 Å². The molecule has 0 rings (SSSR count). The predicted molar refractivity (Wildman–Crippen MR) is 39.3 cm³/mol. The molecule has 10 heavy (non-hydrogen) atoms. The van der Waals surface area contributed by atoms with Gasteiger partial charge in [-0.2, -0.15) is 0 Å². The molecule has 0 amide bonds. The van der Waals surface area contributed by atoms with Gasteiger partial charge in [-0.1, -0.05) is 11.8 Å². The maximum absolute atomic E-state index is 10.3. The molecular weight excluding hydrogens is 146 g/mol. The van der Waals surface area contributed by atoms with Gasteiger partial charge in [-0.3, -0.25) is 4.79 Å². The molecule has 4 heteroatoms. The molecule has 0 aromatic rings. The number of allylic oxidation sites excluding steroid dienone is 1. The van der Waals surface area contributed by atoms with Crippen molar-refractivity contribution in [3.63, 3.8) is 0 Å². The number of nitriles is 1. The minimum Gasteiger partial charge on any atom is -0.504 e. The molecule has 3 nitrogen and oxygen atoms in total. The van der Waals surface area contributed by atoms with Crippen LogP contribution in [-0.4, -0.2) is 15.0 Å². The minimum absolute atomic E-state index is 0.378. The molecule has 0 fully saturated rings. The Balaban J connectivity index is 3.87. The standard InChI is InChI=1S/C6H9NO2Si/c1-3-4-10(5-7)9-6(2)8/h3-4,10H,1-2H3. The van der Waals surface area contributed by atoms with Crippen LogP contribution in [0.5, 0.6) is 0 Å². The molecule has 0 N–H and O–H groups in total. The molecular formula is C6H9NO2Si. The average molecular weight is 155 g/mol. The van der Waals surface area contributed by atoms with Crippen LogP contribution in [0.3, 0.4) is 0 Å². The molecule has 1 atom stereocenters. The second-order valence-corrected chi connectivity index (χ2v) is 3.40. The Morgan fingerprint density at radius 2 is 2.40 bits per heavy atom. The second-order valence-electron chi connectivity index (χ2n) is 1.68. The van der Waals surface area contributed by atoms with E-state index in [1.165, 1.54) is 6.92 Å². The van der Waals surface area contributed by atoms with Crippen molar-refractivity contribution in [2.45, 2.75) is 13.8 Å². The first-order valence-electron chi connectivity index (χ1n) is 2.90. The monoisotopic (exact) mass is 155 g/mol. The van der Waals surface area contributed by atoms with Crippen LogP contribution in [-0.2, 0) is 9.22 Å². The van der Waals surface area contributed by atoms with Gasteiger partial charge in [0.1, 0.15) is 0 Å². The summed E-state index contributed by atoms with van der Waals surface area (Å²) in [6, 6.07) is 0. The maximum Gasteiger partial charge on any atom is 0.373 e. The largest absolute Gasteiger partial charge is 0.504 e. The van der Waals surface area contributed by atoms with Crippen molar-refractivity contribution in [2.75, 3.05) is 0 Å². The van der Waals surface area contributed by atoms with Crippen molar-refractivity contribution in [3.05, 3.63) is 11.8 Å². The second kappa shape index (κ2) is 4.76. The summed E-state index contributed by atoms with van der Waals surface area (Å²) in [7, 11) is -2.00. The number of carbonyl (C=O) groups excluding carboxylic acids is 1. The van der Waals surface area contributed by atoms with Crippen LogP contribution in [0.4, 0.5) is 0 Å². The van der Waals surface area contributed by atoms with E-state index >= 15 is 0 Å². The van der Waals surface area contributed by atoms with Gasteiger partial charge in [0.25, 0.3) is 5.97 Å². The van der Waals surface area contributed by atoms with Crippen molar-refractivity contribution < 1.29 is 9.22 Å². The molecule has 54 valence electrons. The number of hydrogen-bond acceptors (Lipinski definition) is 3. The zero-order chi connectivity index (χ0) is 7.98. The summed E-state index contributed by atoms with van der Waals surface area (Å²) in [6.07, 6.45) is 1.73. The molecule has 0 heterocycles. The van der Waals surface area contributed by atoms with E-state index in [1.807, 2.05) is 5.69 Å². The summed E-state index contributed by atoms with van der Waals surface area (Å²) >= 11 is 0. The SMILES string of the molecule is CC=C[SiH](C#N)OC(C)=O. The van der Waals surface area contributed by atoms with E-state index in [0.29, 0.717) is 0 Å². The molecule has 0 saturated carbocycles. The first kappa shape index (κ1) is 8.92. The summed E-state index contributed by atoms with van der Waals surface area (Å²) in [6.45, 7) is 3.10. The van der Waals surface area contributed by atoms with Gasteiger partial charge in [0, 0.05) is 6.92 Å². The van der Waals surface area contributed by atoms with Gasteiger partial charge in [-0.25, -0.2) is 5.26 Å². The van der Waals surface area contributed by atoms with E-state index in [1.54, 1.807) is 18.7 Å². The molecule has 0 spiro atoms. The summed E-state index contributed by atoms with van der Waals surface area (Å²) < 4.78 is 4.69. The van der Waals surface area contributed by atoms with E-state index in [4.69, 9.17) is 9.69 Å². The molecule has 0 aliphatic rings. The first-order chi connectivity index (χ1) is 4.70. The van der Waals surface area contributed by atoms with Crippen molar-refractivity contribution in [2.24, 2.45) is 0 Å². The average Bonchev–Trinajstić information content (AvgIpc) is 1.86. The van der Waals surface area contributed by atoms with Gasteiger partial charge in [-0.15, -0.1) is 0 Å². The van der Waals surface area contributed by atoms with Crippen molar-refractivity contribution >= 4 is 15.0 Å². The Morgan fingerprint density at radius 3 is 2.70 bits per heavy atom. The normalized spacial score (nSPS) is 12.5. The van der Waals surface area contributed by atoms with Gasteiger partial charge in [0.15, 0.2) is 0 Å². The van der Waals surface area contributed by atoms with Gasteiger partial charge in [0.2, 0.25) is 0 Å². The van der Waals surface area contributed by atoms with Crippen LogP contribution in [0.2, 0.25) is 0 Å². The van der Waals surface area contributed by atoms with Crippen LogP contribution < -0.4 is 0 Å². The Morgan fingerprint density at radius 1 is 1.80 bits per heavy atom. The maximum atomic E-state index is 10.3. The summed E-state index contributed by atoms with van der Waals surface area (Å²) in [5.41, 5.74) is 3.60. The van der Waals surface area contributed by atoms with E-state index in [-0.39, 0.29) is 5.97 Å². The fraction of sp³-hybridized carbons (Fsp3) is 0.333. The topological polar surface area (TPSA) is 50.1 Å². The lowest BCUT2D eigenvalue weighted by molar-refractivity contribution is -0.132. The summed E-state index contributed by atoms with van der Waals surface area (Å²) in [5.74, 6) is -0.378. The van der Waals surface area contributed by atoms with E-state index in [2.05, 4.69) is 0 Å². The number of nitrogens with zero attached hydrogens (tertiary/aromatic N) is 1. The lowest BCUT2D eigenvalue weighted by Crippen LogP contribution is -2.16. The fourth-order valence-corrected chi connectivity index (χ4v) is 1.39. The quantitative estimate of drug-likeness (QED) is 0.544. The van der Waals surface area contributed by atoms with Gasteiger partial charge in [-0.05, 0) is 6.92 Å². The van der Waals surface area contributed by atoms with Crippen molar-refractivity contribution in [1.29, 1.82) is 5.26 Å². The van der Waals surface area contributed by atoms with Crippen LogP contribution in [0.1, 0.15) is 13.8 Å². The Hall–Kier alpha value is -1.08. The number of rotatable bonds is 2.